The van der Waals surface area contributed by atoms with Crippen LogP contribution in [0, 0.1) is 10.8 Å². The van der Waals surface area contributed by atoms with Crippen LogP contribution in [0.4, 0.5) is 0 Å². The molecule has 1 fully saturated rings. The van der Waals surface area contributed by atoms with Gasteiger partial charge in [0.25, 0.3) is 0 Å². The van der Waals surface area contributed by atoms with Gasteiger partial charge in [0.15, 0.2) is 0 Å². The Bertz CT molecular complexity index is 155. The fraction of sp³-hybridized carbons (Fsp3) is 1.00. The predicted molar refractivity (Wildman–Crippen MR) is 52.8 cm³/mol. The molecule has 0 bridgehead atoms. The van der Waals surface area contributed by atoms with E-state index in [2.05, 4.69) is 59.6 Å². The van der Waals surface area contributed by atoms with Crippen LogP contribution in [0.15, 0.2) is 0 Å². The van der Waals surface area contributed by atoms with E-state index in [4.69, 9.17) is 0 Å². The van der Waals surface area contributed by atoms with Crippen LogP contribution in [0.25, 0.3) is 0 Å². The quantitative estimate of drug-likeness (QED) is 0.585. The van der Waals surface area contributed by atoms with Crippen LogP contribution >= 0.6 is 31.9 Å². The summed E-state index contributed by atoms with van der Waals surface area (Å²) in [6.45, 7) is 9.18. The monoisotopic (exact) mass is 268 g/mol. The maximum Gasteiger partial charge on any atom is 0.0870 e. The van der Waals surface area contributed by atoms with Crippen molar-refractivity contribution in [1.82, 2.24) is 0 Å². The van der Waals surface area contributed by atoms with E-state index in [-0.39, 0.29) is 3.23 Å². The molecule has 60 valence electrons. The highest BCUT2D eigenvalue weighted by molar-refractivity contribution is 9.25. The normalized spacial score (nSPS) is 37.8. The fourth-order valence-electron chi connectivity index (χ4n) is 1.21. The van der Waals surface area contributed by atoms with Crippen molar-refractivity contribution in [3.8, 4) is 0 Å². The van der Waals surface area contributed by atoms with Crippen molar-refractivity contribution in [3.05, 3.63) is 0 Å². The second kappa shape index (κ2) is 2.01. The Labute approximate surface area is 80.0 Å². The van der Waals surface area contributed by atoms with Crippen molar-refractivity contribution in [3.63, 3.8) is 0 Å². The van der Waals surface area contributed by atoms with E-state index in [1.807, 2.05) is 0 Å². The molecule has 0 saturated heterocycles. The summed E-state index contributed by atoms with van der Waals surface area (Å²) in [5, 5.41) is 0. The molecule has 1 saturated carbocycles. The van der Waals surface area contributed by atoms with Crippen molar-refractivity contribution in [2.24, 2.45) is 10.8 Å². The molecular formula is C8H14Br2. The van der Waals surface area contributed by atoms with E-state index >= 15 is 0 Å². The highest BCUT2D eigenvalue weighted by Crippen LogP contribution is 2.73. The lowest BCUT2D eigenvalue weighted by atomic mass is 9.79. The van der Waals surface area contributed by atoms with Gasteiger partial charge in [-0.05, 0) is 17.3 Å². The molecule has 1 aliphatic rings. The first kappa shape index (κ1) is 9.05. The van der Waals surface area contributed by atoms with Gasteiger partial charge in [0.1, 0.15) is 0 Å². The lowest BCUT2D eigenvalue weighted by Gasteiger charge is -2.29. The number of halogens is 2. The van der Waals surface area contributed by atoms with E-state index in [0.29, 0.717) is 10.8 Å². The average molecular weight is 270 g/mol. The molecule has 1 unspecified atom stereocenters. The zero-order valence-corrected chi connectivity index (χ0v) is 10.1. The van der Waals surface area contributed by atoms with E-state index in [1.54, 1.807) is 0 Å². The van der Waals surface area contributed by atoms with Gasteiger partial charge in [0.05, 0.1) is 3.23 Å². The Balaban J connectivity index is 2.78. The van der Waals surface area contributed by atoms with Gasteiger partial charge in [-0.25, -0.2) is 0 Å². The Morgan fingerprint density at radius 3 is 1.50 bits per heavy atom. The van der Waals surface area contributed by atoms with E-state index in [0.717, 1.165) is 0 Å². The number of hydrogen-bond acceptors (Lipinski definition) is 0. The largest absolute Gasteiger partial charge is 0.0870 e. The second-order valence-corrected chi connectivity index (χ2v) is 8.23. The molecule has 1 rings (SSSR count). The molecule has 0 aromatic rings. The summed E-state index contributed by atoms with van der Waals surface area (Å²) in [7, 11) is 0. The van der Waals surface area contributed by atoms with Crippen LogP contribution < -0.4 is 0 Å². The van der Waals surface area contributed by atoms with Crippen LogP contribution in [-0.4, -0.2) is 3.23 Å². The Kier molecular flexibility index (Phi) is 1.82. The smallest absolute Gasteiger partial charge is 0.0721 e. The fourth-order valence-corrected chi connectivity index (χ4v) is 3.52. The molecule has 0 amide bonds. The molecule has 0 nitrogen and oxygen atoms in total. The van der Waals surface area contributed by atoms with Crippen molar-refractivity contribution in [2.75, 3.05) is 0 Å². The summed E-state index contributed by atoms with van der Waals surface area (Å²) in [6, 6.07) is 0. The SMILES string of the molecule is CC(C)(C)C1(C)CC1(Br)Br. The summed E-state index contributed by atoms with van der Waals surface area (Å²) < 4.78 is 0.214. The zero-order valence-electron chi connectivity index (χ0n) is 6.96. The van der Waals surface area contributed by atoms with Gasteiger partial charge >= 0.3 is 0 Å². The highest BCUT2D eigenvalue weighted by Gasteiger charge is 2.66. The van der Waals surface area contributed by atoms with Gasteiger partial charge in [-0.1, -0.05) is 59.6 Å². The van der Waals surface area contributed by atoms with Gasteiger partial charge in [0.2, 0.25) is 0 Å². The van der Waals surface area contributed by atoms with Gasteiger partial charge in [-0.15, -0.1) is 0 Å². The van der Waals surface area contributed by atoms with E-state index in [1.165, 1.54) is 6.42 Å². The minimum Gasteiger partial charge on any atom is -0.0721 e. The van der Waals surface area contributed by atoms with Gasteiger partial charge in [-0.2, -0.15) is 0 Å². The summed E-state index contributed by atoms with van der Waals surface area (Å²) in [6.07, 6.45) is 1.23. The van der Waals surface area contributed by atoms with Gasteiger partial charge in [-0.3, -0.25) is 0 Å². The summed E-state index contributed by atoms with van der Waals surface area (Å²) in [5.41, 5.74) is 0.806. The lowest BCUT2D eigenvalue weighted by molar-refractivity contribution is 0.237. The van der Waals surface area contributed by atoms with Crippen molar-refractivity contribution in [2.45, 2.75) is 37.3 Å². The standard InChI is InChI=1S/C8H14Br2/c1-6(2,3)7(4)5-8(7,9)10/h5H2,1-4H3. The molecule has 0 aromatic heterocycles. The molecule has 0 aliphatic heterocycles. The molecular weight excluding hydrogens is 256 g/mol. The first-order chi connectivity index (χ1) is 4.21. The maximum absolute atomic E-state index is 3.66. The number of hydrogen-bond donors (Lipinski definition) is 0. The second-order valence-electron chi connectivity index (χ2n) is 4.46. The highest BCUT2D eigenvalue weighted by atomic mass is 79.9. The molecule has 10 heavy (non-hydrogen) atoms. The number of rotatable bonds is 0. The summed E-state index contributed by atoms with van der Waals surface area (Å²) >= 11 is 7.32. The summed E-state index contributed by atoms with van der Waals surface area (Å²) in [5.74, 6) is 0. The maximum atomic E-state index is 3.66. The van der Waals surface area contributed by atoms with Crippen molar-refractivity contribution >= 4 is 31.9 Å². The van der Waals surface area contributed by atoms with E-state index in [9.17, 15) is 0 Å². The predicted octanol–water partition coefficient (Wildman–Crippen LogP) is 3.93. The topological polar surface area (TPSA) is 0 Å². The van der Waals surface area contributed by atoms with Crippen LogP contribution in [0.3, 0.4) is 0 Å². The minimum atomic E-state index is 0.214. The average Bonchev–Trinajstić information content (AvgIpc) is 2.05. The van der Waals surface area contributed by atoms with Crippen molar-refractivity contribution in [1.29, 1.82) is 0 Å². The minimum absolute atomic E-state index is 0.214. The molecule has 2 heteroatoms. The Morgan fingerprint density at radius 1 is 1.20 bits per heavy atom. The molecule has 0 heterocycles. The molecule has 0 aromatic carbocycles. The van der Waals surface area contributed by atoms with Crippen LogP contribution in [-0.2, 0) is 0 Å². The van der Waals surface area contributed by atoms with Crippen LogP contribution in [0.1, 0.15) is 34.1 Å². The zero-order chi connectivity index (χ0) is 8.21. The number of alkyl halides is 2. The third kappa shape index (κ3) is 1.08. The van der Waals surface area contributed by atoms with Gasteiger partial charge in [0, 0.05) is 0 Å². The third-order valence-corrected chi connectivity index (χ3v) is 5.22. The lowest BCUT2D eigenvalue weighted by Crippen LogP contribution is -2.23. The van der Waals surface area contributed by atoms with E-state index < -0.39 is 0 Å². The molecule has 0 radical (unpaired) electrons. The Morgan fingerprint density at radius 2 is 1.50 bits per heavy atom. The van der Waals surface area contributed by atoms with Crippen LogP contribution in [0.2, 0.25) is 0 Å². The molecule has 1 aliphatic carbocycles. The van der Waals surface area contributed by atoms with Gasteiger partial charge < -0.3 is 0 Å². The first-order valence-electron chi connectivity index (χ1n) is 3.59. The van der Waals surface area contributed by atoms with Crippen molar-refractivity contribution < 1.29 is 0 Å². The third-order valence-electron chi connectivity index (χ3n) is 2.91. The molecule has 0 N–H and O–H groups in total. The first-order valence-corrected chi connectivity index (χ1v) is 5.17. The Hall–Kier alpha value is 0.960. The van der Waals surface area contributed by atoms with Crippen LogP contribution in [0.5, 0.6) is 0 Å². The molecule has 1 atom stereocenters. The summed E-state index contributed by atoms with van der Waals surface area (Å²) in [4.78, 5) is 0. The molecule has 0 spiro atoms.